The molecule has 6 heteroatoms. The number of hydrogen-bond donors (Lipinski definition) is 2. The molecular weight excluding hydrogens is 260 g/mol. The van der Waals surface area contributed by atoms with Gasteiger partial charge in [0.2, 0.25) is 5.91 Å². The Morgan fingerprint density at radius 2 is 2.16 bits per heavy atom. The lowest BCUT2D eigenvalue weighted by Crippen LogP contribution is -2.39. The molecule has 0 saturated carbocycles. The Labute approximate surface area is 116 Å². The molecule has 2 heterocycles. The first-order valence-corrected chi connectivity index (χ1v) is 7.18. The molecule has 0 spiro atoms. The van der Waals surface area contributed by atoms with Crippen molar-refractivity contribution in [2.75, 3.05) is 11.9 Å². The molecule has 0 fully saturated rings. The van der Waals surface area contributed by atoms with Crippen LogP contribution in [-0.2, 0) is 4.79 Å². The molecule has 0 aromatic carbocycles. The second kappa shape index (κ2) is 5.97. The molecule has 19 heavy (non-hydrogen) atoms. The Balaban J connectivity index is 2.04. The van der Waals surface area contributed by atoms with Crippen LogP contribution in [0.2, 0.25) is 0 Å². The summed E-state index contributed by atoms with van der Waals surface area (Å²) < 4.78 is 0.978. The van der Waals surface area contributed by atoms with Gasteiger partial charge in [0.05, 0.1) is 10.2 Å². The summed E-state index contributed by atoms with van der Waals surface area (Å²) in [6, 6.07) is 1.62. The minimum absolute atomic E-state index is 0.0166. The molecule has 1 amide bonds. The highest BCUT2D eigenvalue weighted by Gasteiger charge is 2.15. The summed E-state index contributed by atoms with van der Waals surface area (Å²) in [7, 11) is 0. The van der Waals surface area contributed by atoms with Crippen LogP contribution in [0, 0.1) is 5.92 Å². The maximum Gasteiger partial charge on any atom is 0.242 e. The summed E-state index contributed by atoms with van der Waals surface area (Å²) in [5, 5.41) is 8.01. The third kappa shape index (κ3) is 3.41. The lowest BCUT2D eigenvalue weighted by molar-refractivity contribution is -0.121. The van der Waals surface area contributed by atoms with Crippen molar-refractivity contribution >= 4 is 33.3 Å². The van der Waals surface area contributed by atoms with Crippen molar-refractivity contribution in [3.63, 3.8) is 0 Å². The quantitative estimate of drug-likeness (QED) is 0.880. The smallest absolute Gasteiger partial charge is 0.242 e. The highest BCUT2D eigenvalue weighted by molar-refractivity contribution is 7.17. The molecule has 2 rings (SSSR count). The number of thiophene rings is 1. The second-order valence-corrected chi connectivity index (χ2v) is 5.78. The number of amides is 1. The van der Waals surface area contributed by atoms with E-state index in [-0.39, 0.29) is 11.9 Å². The third-order valence-electron chi connectivity index (χ3n) is 2.67. The number of carbonyl (C=O) groups is 1. The zero-order valence-corrected chi connectivity index (χ0v) is 12.1. The number of rotatable bonds is 5. The largest absolute Gasteiger partial charge is 0.357 e. The zero-order chi connectivity index (χ0) is 13.8. The Hall–Kier alpha value is -1.69. The lowest BCUT2D eigenvalue weighted by atomic mass is 10.2. The van der Waals surface area contributed by atoms with E-state index < -0.39 is 0 Å². The van der Waals surface area contributed by atoms with E-state index in [1.165, 1.54) is 6.33 Å². The average molecular weight is 278 g/mol. The van der Waals surface area contributed by atoms with Crippen LogP contribution >= 0.6 is 11.3 Å². The van der Waals surface area contributed by atoms with Gasteiger partial charge in [0.15, 0.2) is 0 Å². The minimum Gasteiger partial charge on any atom is -0.357 e. The molecule has 1 unspecified atom stereocenters. The van der Waals surface area contributed by atoms with Crippen molar-refractivity contribution in [2.24, 2.45) is 5.92 Å². The van der Waals surface area contributed by atoms with E-state index in [0.717, 1.165) is 10.2 Å². The number of fused-ring (bicyclic) bond motifs is 1. The zero-order valence-electron chi connectivity index (χ0n) is 11.3. The summed E-state index contributed by atoms with van der Waals surface area (Å²) in [4.78, 5) is 20.3. The van der Waals surface area contributed by atoms with E-state index in [2.05, 4.69) is 34.4 Å². The summed E-state index contributed by atoms with van der Waals surface area (Å²) in [6.45, 7) is 6.65. The summed E-state index contributed by atoms with van der Waals surface area (Å²) in [6.07, 6.45) is 1.51. The summed E-state index contributed by atoms with van der Waals surface area (Å²) >= 11 is 1.57. The fraction of sp³-hybridized carbons (Fsp3) is 0.462. The van der Waals surface area contributed by atoms with Crippen molar-refractivity contribution < 1.29 is 4.79 Å². The van der Waals surface area contributed by atoms with Gasteiger partial charge >= 0.3 is 0 Å². The number of nitrogens with one attached hydrogen (secondary N) is 2. The van der Waals surface area contributed by atoms with Crippen molar-refractivity contribution in [3.8, 4) is 0 Å². The minimum atomic E-state index is -0.320. The van der Waals surface area contributed by atoms with Gasteiger partial charge in [0.25, 0.3) is 0 Å². The standard InChI is InChI=1S/C13H18N4OS/c1-8(2)6-14-13(18)9(3)17-12-11-10(4-5-19-11)15-7-16-12/h4-5,7-9H,6H2,1-3H3,(H,14,18)(H,15,16,17). The summed E-state index contributed by atoms with van der Waals surface area (Å²) in [5.74, 6) is 1.14. The average Bonchev–Trinajstić information content (AvgIpc) is 2.85. The molecule has 0 aliphatic heterocycles. The van der Waals surface area contributed by atoms with Crippen molar-refractivity contribution in [1.29, 1.82) is 0 Å². The maximum atomic E-state index is 11.9. The van der Waals surface area contributed by atoms with Gasteiger partial charge in [-0.2, -0.15) is 0 Å². The van der Waals surface area contributed by atoms with Crippen molar-refractivity contribution in [3.05, 3.63) is 17.8 Å². The molecule has 0 radical (unpaired) electrons. The van der Waals surface area contributed by atoms with E-state index in [1.54, 1.807) is 11.3 Å². The van der Waals surface area contributed by atoms with Gasteiger partial charge in [-0.15, -0.1) is 11.3 Å². The van der Waals surface area contributed by atoms with E-state index in [0.29, 0.717) is 18.3 Å². The fourth-order valence-electron chi connectivity index (χ4n) is 1.62. The molecular formula is C13H18N4OS. The first kappa shape index (κ1) is 13.7. The summed E-state index contributed by atoms with van der Waals surface area (Å²) in [5.41, 5.74) is 0.900. The molecule has 0 bridgehead atoms. The number of anilines is 1. The van der Waals surface area contributed by atoms with E-state index in [9.17, 15) is 4.79 Å². The Kier molecular flexibility index (Phi) is 4.31. The predicted molar refractivity (Wildman–Crippen MR) is 78.3 cm³/mol. The molecule has 0 aliphatic rings. The van der Waals surface area contributed by atoms with Crippen LogP contribution in [0.1, 0.15) is 20.8 Å². The van der Waals surface area contributed by atoms with Crippen LogP contribution in [0.4, 0.5) is 5.82 Å². The topological polar surface area (TPSA) is 66.9 Å². The maximum absolute atomic E-state index is 11.9. The lowest BCUT2D eigenvalue weighted by Gasteiger charge is -2.15. The fourth-order valence-corrected chi connectivity index (χ4v) is 2.42. The van der Waals surface area contributed by atoms with Crippen LogP contribution in [0.5, 0.6) is 0 Å². The predicted octanol–water partition coefficient (Wildman–Crippen LogP) is 2.26. The first-order valence-electron chi connectivity index (χ1n) is 6.30. The van der Waals surface area contributed by atoms with Gasteiger partial charge < -0.3 is 10.6 Å². The normalized spacial score (nSPS) is 12.6. The Morgan fingerprint density at radius 3 is 2.89 bits per heavy atom. The SMILES string of the molecule is CC(C)CNC(=O)C(C)Nc1ncnc2ccsc12. The first-order chi connectivity index (χ1) is 9.08. The van der Waals surface area contributed by atoms with E-state index >= 15 is 0 Å². The van der Waals surface area contributed by atoms with Crippen LogP contribution in [-0.4, -0.2) is 28.5 Å². The van der Waals surface area contributed by atoms with Crippen LogP contribution in [0.15, 0.2) is 17.8 Å². The monoisotopic (exact) mass is 278 g/mol. The van der Waals surface area contributed by atoms with Crippen LogP contribution in [0.25, 0.3) is 10.2 Å². The second-order valence-electron chi connectivity index (χ2n) is 4.86. The molecule has 102 valence electrons. The van der Waals surface area contributed by atoms with Crippen molar-refractivity contribution in [2.45, 2.75) is 26.8 Å². The molecule has 2 N–H and O–H groups in total. The van der Waals surface area contributed by atoms with Gasteiger partial charge in [-0.05, 0) is 24.3 Å². The third-order valence-corrected chi connectivity index (χ3v) is 3.58. The molecule has 2 aromatic rings. The number of carbonyl (C=O) groups excluding carboxylic acids is 1. The molecule has 0 aliphatic carbocycles. The molecule has 1 atom stereocenters. The highest BCUT2D eigenvalue weighted by atomic mass is 32.1. The Bertz CT molecular complexity index is 567. The van der Waals surface area contributed by atoms with Gasteiger partial charge in [0.1, 0.15) is 18.2 Å². The number of aromatic nitrogens is 2. The number of nitrogens with zero attached hydrogens (tertiary/aromatic N) is 2. The van der Waals surface area contributed by atoms with Crippen LogP contribution in [0.3, 0.4) is 0 Å². The van der Waals surface area contributed by atoms with E-state index in [1.807, 2.05) is 18.4 Å². The van der Waals surface area contributed by atoms with Gasteiger partial charge in [-0.1, -0.05) is 13.8 Å². The molecule has 0 saturated heterocycles. The van der Waals surface area contributed by atoms with Gasteiger partial charge in [0, 0.05) is 6.54 Å². The molecule has 2 aromatic heterocycles. The van der Waals surface area contributed by atoms with Crippen LogP contribution < -0.4 is 10.6 Å². The Morgan fingerprint density at radius 1 is 1.37 bits per heavy atom. The van der Waals surface area contributed by atoms with Crippen molar-refractivity contribution in [1.82, 2.24) is 15.3 Å². The number of hydrogen-bond acceptors (Lipinski definition) is 5. The van der Waals surface area contributed by atoms with E-state index in [4.69, 9.17) is 0 Å². The van der Waals surface area contributed by atoms with Gasteiger partial charge in [-0.3, -0.25) is 4.79 Å². The molecule has 5 nitrogen and oxygen atoms in total. The van der Waals surface area contributed by atoms with Gasteiger partial charge in [-0.25, -0.2) is 9.97 Å². The highest BCUT2D eigenvalue weighted by Crippen LogP contribution is 2.25.